The molecule has 80 valence electrons. The topological polar surface area (TPSA) is 26.0 Å². The van der Waals surface area contributed by atoms with Crippen molar-refractivity contribution < 1.29 is 4.39 Å². The summed E-state index contributed by atoms with van der Waals surface area (Å²) in [4.78, 5) is 0. The highest BCUT2D eigenvalue weighted by Crippen LogP contribution is 2.65. The van der Waals surface area contributed by atoms with Crippen molar-refractivity contribution >= 4 is 15.9 Å². The van der Waals surface area contributed by atoms with Gasteiger partial charge in [0.2, 0.25) is 0 Å². The molecule has 0 aromatic heterocycles. The van der Waals surface area contributed by atoms with E-state index in [1.165, 1.54) is 25.3 Å². The van der Waals surface area contributed by atoms with Gasteiger partial charge in [-0.15, -0.1) is 0 Å². The van der Waals surface area contributed by atoms with Crippen LogP contribution in [0.4, 0.5) is 4.39 Å². The Bertz CT molecular complexity index is 408. The van der Waals surface area contributed by atoms with Crippen LogP contribution >= 0.6 is 15.9 Å². The highest BCUT2D eigenvalue weighted by atomic mass is 79.9. The number of fused-ring (bicyclic) bond motifs is 1. The average Bonchev–Trinajstić information content (AvgIpc) is 2.67. The van der Waals surface area contributed by atoms with Gasteiger partial charge in [-0.1, -0.05) is 22.4 Å². The predicted octanol–water partition coefficient (Wildman–Crippen LogP) is 3.17. The minimum absolute atomic E-state index is 0.192. The van der Waals surface area contributed by atoms with Crippen molar-refractivity contribution in [3.05, 3.63) is 34.1 Å². The summed E-state index contributed by atoms with van der Waals surface area (Å²) in [6, 6.07) is 4.81. The van der Waals surface area contributed by atoms with Crippen LogP contribution in [0.3, 0.4) is 0 Å². The summed E-state index contributed by atoms with van der Waals surface area (Å²) >= 11 is 3.47. The molecule has 2 unspecified atom stereocenters. The van der Waals surface area contributed by atoms with Crippen molar-refractivity contribution in [2.45, 2.75) is 24.8 Å². The van der Waals surface area contributed by atoms with Gasteiger partial charge in [0.25, 0.3) is 0 Å². The summed E-state index contributed by atoms with van der Waals surface area (Å²) in [6.45, 7) is 0. The van der Waals surface area contributed by atoms with E-state index in [2.05, 4.69) is 15.9 Å². The van der Waals surface area contributed by atoms with Crippen molar-refractivity contribution in [2.75, 3.05) is 0 Å². The standard InChI is InChI=1S/C12H13BrFN/c13-11-5-4-7(14)6-10(11)12(15)8-2-1-3-9(8)12/h4-6,8-9H,1-3,15H2. The quantitative estimate of drug-likeness (QED) is 0.833. The molecule has 1 aromatic carbocycles. The number of hydrogen-bond acceptors (Lipinski definition) is 1. The molecule has 2 saturated carbocycles. The Balaban J connectivity index is 2.03. The normalized spacial score (nSPS) is 37.8. The highest BCUT2D eigenvalue weighted by Gasteiger charge is 2.64. The molecule has 0 radical (unpaired) electrons. The fraction of sp³-hybridized carbons (Fsp3) is 0.500. The highest BCUT2D eigenvalue weighted by molar-refractivity contribution is 9.10. The van der Waals surface area contributed by atoms with Crippen molar-refractivity contribution in [2.24, 2.45) is 17.6 Å². The Morgan fingerprint density at radius 2 is 2.00 bits per heavy atom. The van der Waals surface area contributed by atoms with E-state index >= 15 is 0 Å². The molecule has 0 aliphatic heterocycles. The molecule has 0 saturated heterocycles. The smallest absolute Gasteiger partial charge is 0.123 e. The molecule has 0 amide bonds. The molecule has 0 bridgehead atoms. The molecule has 2 aliphatic carbocycles. The van der Waals surface area contributed by atoms with Gasteiger partial charge in [0, 0.05) is 10.0 Å². The van der Waals surface area contributed by atoms with Crippen LogP contribution in [0, 0.1) is 17.7 Å². The molecule has 3 heteroatoms. The molecular weight excluding hydrogens is 257 g/mol. The molecule has 0 heterocycles. The fourth-order valence-corrected chi connectivity index (χ4v) is 3.82. The van der Waals surface area contributed by atoms with Gasteiger partial charge in [-0.3, -0.25) is 0 Å². The lowest BCUT2D eigenvalue weighted by Gasteiger charge is -2.17. The second-order valence-corrected chi connectivity index (χ2v) is 5.56. The van der Waals surface area contributed by atoms with E-state index in [-0.39, 0.29) is 11.4 Å². The fourth-order valence-electron chi connectivity index (χ4n) is 3.23. The van der Waals surface area contributed by atoms with Crippen LogP contribution in [0.5, 0.6) is 0 Å². The lowest BCUT2D eigenvalue weighted by molar-refractivity contribution is 0.519. The molecule has 2 atom stereocenters. The molecule has 2 fully saturated rings. The first kappa shape index (κ1) is 9.79. The summed E-state index contributed by atoms with van der Waals surface area (Å²) < 4.78 is 14.2. The van der Waals surface area contributed by atoms with Crippen LogP contribution in [-0.4, -0.2) is 0 Å². The van der Waals surface area contributed by atoms with Crippen LogP contribution in [0.2, 0.25) is 0 Å². The zero-order valence-corrected chi connectivity index (χ0v) is 9.93. The maximum absolute atomic E-state index is 13.2. The Morgan fingerprint density at radius 1 is 1.33 bits per heavy atom. The summed E-state index contributed by atoms with van der Waals surface area (Å²) in [7, 11) is 0. The first-order valence-electron chi connectivity index (χ1n) is 5.38. The minimum atomic E-state index is -0.251. The third-order valence-electron chi connectivity index (χ3n) is 4.03. The maximum Gasteiger partial charge on any atom is 0.123 e. The average molecular weight is 270 g/mol. The number of halogens is 2. The van der Waals surface area contributed by atoms with Crippen LogP contribution in [0.15, 0.2) is 22.7 Å². The minimum Gasteiger partial charge on any atom is -0.321 e. The maximum atomic E-state index is 13.2. The SMILES string of the molecule is NC1(c2cc(F)ccc2Br)C2CCCC21. The van der Waals surface area contributed by atoms with E-state index in [9.17, 15) is 4.39 Å². The molecule has 1 aromatic rings. The predicted molar refractivity (Wildman–Crippen MR) is 60.8 cm³/mol. The lowest BCUT2D eigenvalue weighted by atomic mass is 9.97. The zero-order valence-electron chi connectivity index (χ0n) is 8.34. The Kier molecular flexibility index (Phi) is 1.99. The van der Waals surface area contributed by atoms with E-state index in [1.807, 2.05) is 0 Å². The summed E-state index contributed by atoms with van der Waals surface area (Å²) in [5.74, 6) is 0.967. The first-order chi connectivity index (χ1) is 7.14. The number of hydrogen-bond donors (Lipinski definition) is 1. The van der Waals surface area contributed by atoms with Gasteiger partial charge in [0.05, 0.1) is 0 Å². The van der Waals surface area contributed by atoms with Gasteiger partial charge in [-0.2, -0.15) is 0 Å². The third-order valence-corrected chi connectivity index (χ3v) is 4.72. The third kappa shape index (κ3) is 1.23. The second kappa shape index (κ2) is 3.05. The lowest BCUT2D eigenvalue weighted by Crippen LogP contribution is -2.26. The van der Waals surface area contributed by atoms with Gasteiger partial charge in [-0.05, 0) is 48.4 Å². The largest absolute Gasteiger partial charge is 0.321 e. The molecule has 2 N–H and O–H groups in total. The Morgan fingerprint density at radius 3 is 2.67 bits per heavy atom. The summed E-state index contributed by atoms with van der Waals surface area (Å²) in [5, 5.41) is 0. The first-order valence-corrected chi connectivity index (χ1v) is 6.17. The number of rotatable bonds is 1. The molecule has 1 nitrogen and oxygen atoms in total. The van der Waals surface area contributed by atoms with Gasteiger partial charge in [0.1, 0.15) is 5.82 Å². The molecule has 15 heavy (non-hydrogen) atoms. The van der Waals surface area contributed by atoms with Crippen molar-refractivity contribution in [3.63, 3.8) is 0 Å². The molecular formula is C12H13BrFN. The number of nitrogens with two attached hydrogens (primary N) is 1. The summed E-state index contributed by atoms with van der Waals surface area (Å²) in [6.07, 6.45) is 3.68. The zero-order chi connectivity index (χ0) is 10.6. The monoisotopic (exact) mass is 269 g/mol. The van der Waals surface area contributed by atoms with Gasteiger partial charge < -0.3 is 5.73 Å². The van der Waals surface area contributed by atoms with E-state index in [4.69, 9.17) is 5.73 Å². The van der Waals surface area contributed by atoms with Crippen molar-refractivity contribution in [1.82, 2.24) is 0 Å². The second-order valence-electron chi connectivity index (χ2n) is 4.70. The molecule has 3 rings (SSSR count). The van der Waals surface area contributed by atoms with Gasteiger partial charge in [-0.25, -0.2) is 4.39 Å². The van der Waals surface area contributed by atoms with E-state index < -0.39 is 0 Å². The Hall–Kier alpha value is -0.410. The van der Waals surface area contributed by atoms with Crippen molar-refractivity contribution in [1.29, 1.82) is 0 Å². The van der Waals surface area contributed by atoms with Crippen LogP contribution in [0.1, 0.15) is 24.8 Å². The van der Waals surface area contributed by atoms with Gasteiger partial charge >= 0.3 is 0 Å². The Labute approximate surface area is 97.0 Å². The number of benzene rings is 1. The molecule has 2 aliphatic rings. The van der Waals surface area contributed by atoms with Gasteiger partial charge in [0.15, 0.2) is 0 Å². The van der Waals surface area contributed by atoms with Crippen LogP contribution < -0.4 is 5.73 Å². The van der Waals surface area contributed by atoms with E-state index in [0.717, 1.165) is 10.0 Å². The van der Waals surface area contributed by atoms with E-state index in [1.54, 1.807) is 12.1 Å². The summed E-state index contributed by atoms with van der Waals surface area (Å²) in [5.41, 5.74) is 7.10. The molecule has 0 spiro atoms. The van der Waals surface area contributed by atoms with Crippen LogP contribution in [-0.2, 0) is 5.54 Å². The van der Waals surface area contributed by atoms with Crippen LogP contribution in [0.25, 0.3) is 0 Å². The van der Waals surface area contributed by atoms with Crippen molar-refractivity contribution in [3.8, 4) is 0 Å². The van der Waals surface area contributed by atoms with E-state index in [0.29, 0.717) is 11.8 Å².